The fourth-order valence-electron chi connectivity index (χ4n) is 3.73. The van der Waals surface area contributed by atoms with Gasteiger partial charge in [0.2, 0.25) is 11.8 Å². The van der Waals surface area contributed by atoms with E-state index in [1.54, 1.807) is 9.80 Å². The number of likely N-dealkylation sites (tertiary alicyclic amines) is 2. The Morgan fingerprint density at radius 3 is 2.92 bits per heavy atom. The molecule has 8 heteroatoms. The Hall–Kier alpha value is -2.22. The van der Waals surface area contributed by atoms with Crippen LogP contribution in [0.15, 0.2) is 17.3 Å². The molecule has 0 radical (unpaired) electrons. The van der Waals surface area contributed by atoms with Crippen LogP contribution in [-0.2, 0) is 16.0 Å². The van der Waals surface area contributed by atoms with Crippen molar-refractivity contribution in [1.29, 1.82) is 0 Å². The third-order valence-electron chi connectivity index (χ3n) is 5.03. The van der Waals surface area contributed by atoms with Crippen molar-refractivity contribution >= 4 is 11.8 Å². The molecule has 1 spiro atoms. The van der Waals surface area contributed by atoms with Crippen molar-refractivity contribution in [3.63, 3.8) is 0 Å². The number of hydrogen-bond acceptors (Lipinski definition) is 5. The van der Waals surface area contributed by atoms with Crippen LogP contribution in [0.4, 0.5) is 0 Å². The summed E-state index contributed by atoms with van der Waals surface area (Å²) in [6.07, 6.45) is 4.98. The van der Waals surface area contributed by atoms with Crippen LogP contribution in [-0.4, -0.2) is 69.5 Å². The van der Waals surface area contributed by atoms with Crippen molar-refractivity contribution in [3.05, 3.63) is 28.4 Å². The molecule has 130 valence electrons. The van der Waals surface area contributed by atoms with Gasteiger partial charge < -0.3 is 19.9 Å². The number of aromatic amines is 1. The molecule has 1 unspecified atom stereocenters. The van der Waals surface area contributed by atoms with Crippen LogP contribution in [0.3, 0.4) is 0 Å². The summed E-state index contributed by atoms with van der Waals surface area (Å²) in [4.78, 5) is 46.6. The monoisotopic (exact) mass is 334 g/mol. The molecule has 0 bridgehead atoms. The average molecular weight is 334 g/mol. The van der Waals surface area contributed by atoms with Crippen molar-refractivity contribution in [2.45, 2.75) is 25.7 Å². The van der Waals surface area contributed by atoms with Crippen molar-refractivity contribution in [2.24, 2.45) is 5.41 Å². The third kappa shape index (κ3) is 3.06. The van der Waals surface area contributed by atoms with Crippen molar-refractivity contribution in [2.75, 3.05) is 32.8 Å². The maximum absolute atomic E-state index is 12.7. The smallest absolute Gasteiger partial charge is 0.254 e. The minimum Gasteiger partial charge on any atom is -0.395 e. The molecule has 0 saturated carbocycles. The van der Waals surface area contributed by atoms with E-state index in [1.165, 1.54) is 12.5 Å². The molecule has 0 aromatic carbocycles. The third-order valence-corrected chi connectivity index (χ3v) is 5.03. The van der Waals surface area contributed by atoms with Crippen LogP contribution in [0, 0.1) is 5.41 Å². The minimum atomic E-state index is -0.523. The van der Waals surface area contributed by atoms with E-state index in [2.05, 4.69) is 9.97 Å². The molecule has 2 aliphatic rings. The standard InChI is InChI=1S/C16H22N4O4/c21-7-6-19-4-1-2-16(15(19)24)3-5-20(10-16)13(22)8-12-9-17-11-18-14(12)23/h9,11,21H,1-8,10H2,(H,17,18,23). The lowest BCUT2D eigenvalue weighted by molar-refractivity contribution is -0.146. The predicted molar refractivity (Wildman–Crippen MR) is 85.1 cm³/mol. The number of aliphatic hydroxyl groups excluding tert-OH is 1. The number of aromatic nitrogens is 2. The molecule has 1 aromatic rings. The zero-order valence-corrected chi connectivity index (χ0v) is 13.5. The molecule has 8 nitrogen and oxygen atoms in total. The second-order valence-corrected chi connectivity index (χ2v) is 6.55. The summed E-state index contributed by atoms with van der Waals surface area (Å²) in [5.74, 6) is -0.116. The Morgan fingerprint density at radius 2 is 2.17 bits per heavy atom. The van der Waals surface area contributed by atoms with Gasteiger partial charge in [0, 0.05) is 37.9 Å². The first-order chi connectivity index (χ1) is 11.6. The van der Waals surface area contributed by atoms with Crippen molar-refractivity contribution < 1.29 is 14.7 Å². The van der Waals surface area contributed by atoms with Crippen LogP contribution >= 0.6 is 0 Å². The highest BCUT2D eigenvalue weighted by atomic mass is 16.3. The number of hydrogen-bond donors (Lipinski definition) is 2. The van der Waals surface area contributed by atoms with Gasteiger partial charge in [-0.25, -0.2) is 4.98 Å². The first-order valence-electron chi connectivity index (χ1n) is 8.25. The Balaban J connectivity index is 1.68. The van der Waals surface area contributed by atoms with Crippen LogP contribution in [0.5, 0.6) is 0 Å². The summed E-state index contributed by atoms with van der Waals surface area (Å²) in [6.45, 7) is 1.88. The lowest BCUT2D eigenvalue weighted by Crippen LogP contribution is -2.51. The van der Waals surface area contributed by atoms with Gasteiger partial charge in [-0.3, -0.25) is 14.4 Å². The lowest BCUT2D eigenvalue weighted by Gasteiger charge is -2.39. The largest absolute Gasteiger partial charge is 0.395 e. The van der Waals surface area contributed by atoms with E-state index in [9.17, 15) is 14.4 Å². The Morgan fingerprint density at radius 1 is 1.33 bits per heavy atom. The highest BCUT2D eigenvalue weighted by molar-refractivity contribution is 5.86. The van der Waals surface area contributed by atoms with Crippen LogP contribution in [0.1, 0.15) is 24.8 Å². The number of piperidine rings is 1. The second kappa shape index (κ2) is 6.72. The van der Waals surface area contributed by atoms with Gasteiger partial charge in [0.05, 0.1) is 24.8 Å². The molecule has 2 N–H and O–H groups in total. The molecule has 2 aliphatic heterocycles. The van der Waals surface area contributed by atoms with E-state index in [0.717, 1.165) is 12.8 Å². The first-order valence-corrected chi connectivity index (χ1v) is 8.25. The molecule has 24 heavy (non-hydrogen) atoms. The topological polar surface area (TPSA) is 107 Å². The molecule has 2 saturated heterocycles. The maximum atomic E-state index is 12.7. The number of rotatable bonds is 4. The number of carbonyl (C=O) groups is 2. The number of nitrogens with zero attached hydrogens (tertiary/aromatic N) is 3. The van der Waals surface area contributed by atoms with Gasteiger partial charge in [-0.05, 0) is 19.3 Å². The van der Waals surface area contributed by atoms with E-state index < -0.39 is 5.41 Å². The summed E-state index contributed by atoms with van der Waals surface area (Å²) in [6, 6.07) is 0. The Kier molecular flexibility index (Phi) is 4.66. The minimum absolute atomic E-state index is 0.00615. The Bertz CT molecular complexity index is 687. The molecule has 3 heterocycles. The summed E-state index contributed by atoms with van der Waals surface area (Å²) < 4.78 is 0. The fourth-order valence-corrected chi connectivity index (χ4v) is 3.73. The van der Waals surface area contributed by atoms with E-state index >= 15 is 0 Å². The molecule has 0 aliphatic carbocycles. The summed E-state index contributed by atoms with van der Waals surface area (Å²) in [7, 11) is 0. The van der Waals surface area contributed by atoms with Gasteiger partial charge in [0.15, 0.2) is 0 Å². The number of β-amino-alcohol motifs (C(OH)–C–C–N with tert-alkyl or cyclic N) is 1. The summed E-state index contributed by atoms with van der Waals surface area (Å²) in [5.41, 5.74) is -0.500. The molecule has 2 amide bonds. The molecule has 3 rings (SSSR count). The molecule has 2 fully saturated rings. The van der Waals surface area contributed by atoms with Crippen molar-refractivity contribution in [3.8, 4) is 0 Å². The van der Waals surface area contributed by atoms with E-state index in [4.69, 9.17) is 5.11 Å². The first kappa shape index (κ1) is 16.6. The fraction of sp³-hybridized carbons (Fsp3) is 0.625. The van der Waals surface area contributed by atoms with Gasteiger partial charge in [-0.15, -0.1) is 0 Å². The van der Waals surface area contributed by atoms with E-state index in [1.807, 2.05) is 0 Å². The van der Waals surface area contributed by atoms with Gasteiger partial charge in [0.1, 0.15) is 0 Å². The van der Waals surface area contributed by atoms with E-state index in [0.29, 0.717) is 38.2 Å². The SMILES string of the molecule is O=C(Cc1cnc[nH]c1=O)N1CCC2(CCCN(CCO)C2=O)C1. The number of H-pyrrole nitrogens is 1. The number of carbonyl (C=O) groups excluding carboxylic acids is 2. The van der Waals surface area contributed by atoms with Crippen molar-refractivity contribution in [1.82, 2.24) is 19.8 Å². The highest BCUT2D eigenvalue weighted by Crippen LogP contribution is 2.40. The molecule has 1 aromatic heterocycles. The number of amides is 2. The lowest BCUT2D eigenvalue weighted by atomic mass is 9.78. The maximum Gasteiger partial charge on any atom is 0.254 e. The van der Waals surface area contributed by atoms with E-state index in [-0.39, 0.29) is 30.4 Å². The number of nitrogens with one attached hydrogen (secondary N) is 1. The quantitative estimate of drug-likeness (QED) is 0.746. The summed E-state index contributed by atoms with van der Waals surface area (Å²) >= 11 is 0. The van der Waals surface area contributed by atoms with Crippen LogP contribution in [0.2, 0.25) is 0 Å². The Labute approximate surface area is 139 Å². The normalized spacial score (nSPS) is 24.0. The van der Waals surface area contributed by atoms with Gasteiger partial charge in [-0.2, -0.15) is 0 Å². The van der Waals surface area contributed by atoms with Gasteiger partial charge >= 0.3 is 0 Å². The highest BCUT2D eigenvalue weighted by Gasteiger charge is 2.49. The average Bonchev–Trinajstić information content (AvgIpc) is 3.00. The zero-order valence-electron chi connectivity index (χ0n) is 13.5. The van der Waals surface area contributed by atoms with Gasteiger partial charge in [-0.1, -0.05) is 0 Å². The van der Waals surface area contributed by atoms with Gasteiger partial charge in [0.25, 0.3) is 5.56 Å². The zero-order chi connectivity index (χ0) is 17.2. The van der Waals surface area contributed by atoms with Crippen LogP contribution in [0.25, 0.3) is 0 Å². The van der Waals surface area contributed by atoms with Crippen LogP contribution < -0.4 is 5.56 Å². The number of aliphatic hydroxyl groups is 1. The second-order valence-electron chi connectivity index (χ2n) is 6.55. The molecular formula is C16H22N4O4. The molecule has 1 atom stereocenters. The molecular weight excluding hydrogens is 312 g/mol. The predicted octanol–water partition coefficient (Wildman–Crippen LogP) is -0.854. The summed E-state index contributed by atoms with van der Waals surface area (Å²) in [5, 5.41) is 9.10.